The molecule has 4 heterocycles. The van der Waals surface area contributed by atoms with Crippen molar-refractivity contribution in [3.63, 3.8) is 0 Å². The Bertz CT molecular complexity index is 1540. The van der Waals surface area contributed by atoms with Crippen molar-refractivity contribution >= 4 is 17.8 Å². The normalized spacial score (nSPS) is 18.6. The zero-order valence-electron chi connectivity index (χ0n) is 26.1. The number of fused-ring (bicyclic) bond motifs is 2. The maximum absolute atomic E-state index is 14.5. The summed E-state index contributed by atoms with van der Waals surface area (Å²) in [6.07, 6.45) is 8.01. The van der Waals surface area contributed by atoms with Gasteiger partial charge in [-0.1, -0.05) is 12.5 Å². The lowest BCUT2D eigenvalue weighted by Gasteiger charge is -2.52. The highest BCUT2D eigenvalue weighted by Crippen LogP contribution is 2.51. The summed E-state index contributed by atoms with van der Waals surface area (Å²) in [5.74, 6) is 0.490. The van der Waals surface area contributed by atoms with Crippen molar-refractivity contribution in [1.82, 2.24) is 29.2 Å². The van der Waals surface area contributed by atoms with E-state index in [4.69, 9.17) is 4.74 Å². The van der Waals surface area contributed by atoms with E-state index in [0.29, 0.717) is 38.5 Å². The molecule has 44 heavy (non-hydrogen) atoms. The summed E-state index contributed by atoms with van der Waals surface area (Å²) in [7, 11) is 1.85. The molecule has 2 amide bonds. The van der Waals surface area contributed by atoms with Crippen LogP contribution in [0.4, 0.5) is 10.3 Å². The number of nitrogens with one attached hydrogen (secondary N) is 1. The van der Waals surface area contributed by atoms with Crippen LogP contribution in [-0.2, 0) is 23.3 Å². The molecule has 3 aliphatic rings. The number of halogens is 1. The van der Waals surface area contributed by atoms with Gasteiger partial charge in [0.25, 0.3) is 5.91 Å². The zero-order chi connectivity index (χ0) is 31.0. The zero-order valence-corrected chi connectivity index (χ0v) is 26.1. The Kier molecular flexibility index (Phi) is 8.32. The van der Waals surface area contributed by atoms with E-state index in [0.717, 1.165) is 56.0 Å². The van der Waals surface area contributed by atoms with E-state index in [2.05, 4.69) is 32.3 Å². The van der Waals surface area contributed by atoms with E-state index in [9.17, 15) is 14.0 Å². The fourth-order valence-electron chi connectivity index (χ4n) is 7.15. The highest BCUT2D eigenvalue weighted by molar-refractivity contribution is 5.98. The Morgan fingerprint density at radius 1 is 1.14 bits per heavy atom. The second kappa shape index (κ2) is 12.2. The van der Waals surface area contributed by atoms with E-state index >= 15 is 0 Å². The van der Waals surface area contributed by atoms with Crippen molar-refractivity contribution in [3.8, 4) is 5.75 Å². The van der Waals surface area contributed by atoms with Crippen LogP contribution in [0.2, 0.25) is 0 Å². The maximum Gasteiger partial charge on any atom is 0.254 e. The van der Waals surface area contributed by atoms with Crippen LogP contribution in [0.15, 0.2) is 36.8 Å². The van der Waals surface area contributed by atoms with Crippen LogP contribution in [-0.4, -0.2) is 87.4 Å². The quantitative estimate of drug-likeness (QED) is 0.392. The molecule has 0 radical (unpaired) electrons. The largest absolute Gasteiger partial charge is 0.491 e. The van der Waals surface area contributed by atoms with Gasteiger partial charge in [-0.2, -0.15) is 0 Å². The number of carbonyl (C=O) groups is 2. The molecule has 1 saturated carbocycles. The van der Waals surface area contributed by atoms with Crippen LogP contribution >= 0.6 is 0 Å². The monoisotopic (exact) mass is 603 g/mol. The van der Waals surface area contributed by atoms with E-state index in [-0.39, 0.29) is 29.0 Å². The van der Waals surface area contributed by atoms with Gasteiger partial charge in [0.2, 0.25) is 11.9 Å². The number of ether oxygens (including phenoxy) is 1. The molecule has 6 rings (SSSR count). The number of pyridine rings is 1. The van der Waals surface area contributed by atoms with Crippen molar-refractivity contribution in [2.75, 3.05) is 51.7 Å². The number of piperazine rings is 1. The molecule has 2 aromatic heterocycles. The van der Waals surface area contributed by atoms with Gasteiger partial charge in [0.1, 0.15) is 0 Å². The van der Waals surface area contributed by atoms with Crippen LogP contribution in [0.3, 0.4) is 0 Å². The Hall–Kier alpha value is -3.99. The van der Waals surface area contributed by atoms with E-state index in [1.54, 1.807) is 19.2 Å². The van der Waals surface area contributed by atoms with Crippen LogP contribution in [0.25, 0.3) is 0 Å². The lowest BCUT2D eigenvalue weighted by atomic mass is 9.60. The average molecular weight is 604 g/mol. The lowest BCUT2D eigenvalue weighted by molar-refractivity contribution is -0.130. The van der Waals surface area contributed by atoms with Crippen molar-refractivity contribution in [3.05, 3.63) is 70.6 Å². The van der Waals surface area contributed by atoms with Gasteiger partial charge in [0, 0.05) is 82.7 Å². The first-order valence-corrected chi connectivity index (χ1v) is 15.6. The topological polar surface area (TPSA) is 95.8 Å². The molecule has 3 aromatic rings. The third-order valence-electron chi connectivity index (χ3n) is 9.63. The van der Waals surface area contributed by atoms with Crippen LogP contribution in [0.5, 0.6) is 5.75 Å². The van der Waals surface area contributed by atoms with Gasteiger partial charge in [-0.3, -0.25) is 19.5 Å². The van der Waals surface area contributed by atoms with Crippen molar-refractivity contribution in [2.45, 2.75) is 64.6 Å². The fraction of sp³-hybridized carbons (Fsp3) is 0.515. The Labute approximate surface area is 258 Å². The van der Waals surface area contributed by atoms with Crippen molar-refractivity contribution < 1.29 is 18.7 Å². The second-order valence-corrected chi connectivity index (χ2v) is 12.3. The molecular weight excluding hydrogens is 561 g/mol. The predicted molar refractivity (Wildman–Crippen MR) is 165 cm³/mol. The molecule has 11 heteroatoms. The Morgan fingerprint density at radius 2 is 1.91 bits per heavy atom. The summed E-state index contributed by atoms with van der Waals surface area (Å²) >= 11 is 0. The smallest absolute Gasteiger partial charge is 0.254 e. The molecule has 1 saturated heterocycles. The number of nitrogens with zero attached hydrogens (tertiary/aromatic N) is 6. The summed E-state index contributed by atoms with van der Waals surface area (Å²) in [6.45, 7) is 10.7. The third kappa shape index (κ3) is 5.53. The molecule has 1 N–H and O–H groups in total. The van der Waals surface area contributed by atoms with E-state index in [1.807, 2.05) is 41.5 Å². The summed E-state index contributed by atoms with van der Waals surface area (Å²) in [5.41, 5.74) is 4.62. The molecule has 0 bridgehead atoms. The summed E-state index contributed by atoms with van der Waals surface area (Å²) in [6, 6.07) is 5.61. The minimum Gasteiger partial charge on any atom is -0.491 e. The molecular formula is C33H42FN7O3. The number of benzene rings is 1. The minimum atomic E-state index is -0.507. The summed E-state index contributed by atoms with van der Waals surface area (Å²) in [4.78, 5) is 41.4. The number of rotatable bonds is 9. The van der Waals surface area contributed by atoms with Crippen molar-refractivity contribution in [2.24, 2.45) is 0 Å². The standard InChI is InChI=1S/C33H42FN7O3/c1-5-44-29-17-28(37-18-27(29)34)22(2)41-21-33(7-6-8-33)30-25(20-38-11-13-39(14-12-38)23(3)42)15-24(16-26(30)31(41)43)19-40-10-9-36-32(40)35-4/h9-10,15-18,22H,5-8,11-14,19-21H2,1-4H3,(H,35,36)/t22-/m0/s1. The first-order chi connectivity index (χ1) is 21.2. The molecule has 1 atom stereocenters. The van der Waals surface area contributed by atoms with Gasteiger partial charge in [-0.15, -0.1) is 0 Å². The number of carbonyl (C=O) groups excluding carboxylic acids is 2. The van der Waals surface area contributed by atoms with Crippen molar-refractivity contribution in [1.29, 1.82) is 0 Å². The Morgan fingerprint density at radius 3 is 2.57 bits per heavy atom. The number of hydrogen-bond donors (Lipinski definition) is 1. The fourth-order valence-corrected chi connectivity index (χ4v) is 7.15. The Balaban J connectivity index is 1.39. The minimum absolute atomic E-state index is 0.0296. The first-order valence-electron chi connectivity index (χ1n) is 15.6. The van der Waals surface area contributed by atoms with Gasteiger partial charge >= 0.3 is 0 Å². The van der Waals surface area contributed by atoms with E-state index < -0.39 is 5.82 Å². The molecule has 2 fully saturated rings. The van der Waals surface area contributed by atoms with Gasteiger partial charge in [0.15, 0.2) is 11.6 Å². The van der Waals surface area contributed by atoms with Gasteiger partial charge < -0.3 is 24.4 Å². The number of anilines is 1. The van der Waals surface area contributed by atoms with Crippen LogP contribution in [0, 0.1) is 5.82 Å². The second-order valence-electron chi connectivity index (χ2n) is 12.3. The number of imidazole rings is 1. The molecule has 1 spiro atoms. The molecule has 1 aliphatic carbocycles. The van der Waals surface area contributed by atoms with Crippen LogP contribution in [0.1, 0.15) is 78.8 Å². The van der Waals surface area contributed by atoms with Gasteiger partial charge in [-0.25, -0.2) is 9.37 Å². The third-order valence-corrected chi connectivity index (χ3v) is 9.63. The SMILES string of the molecule is CCOc1cc([C@H](C)N2CC3(CCC3)c3c(CN4CCN(C(C)=O)CC4)cc(Cn4ccnc4NC)cc3C2=O)ncc1F. The predicted octanol–water partition coefficient (Wildman–Crippen LogP) is 4.21. The lowest BCUT2D eigenvalue weighted by Crippen LogP contribution is -2.54. The molecule has 234 valence electrons. The maximum atomic E-state index is 14.5. The average Bonchev–Trinajstić information content (AvgIpc) is 3.45. The summed E-state index contributed by atoms with van der Waals surface area (Å²) < 4.78 is 21.9. The van der Waals surface area contributed by atoms with Gasteiger partial charge in [0.05, 0.1) is 31.1 Å². The highest BCUT2D eigenvalue weighted by atomic mass is 19.1. The number of hydrogen-bond acceptors (Lipinski definition) is 7. The molecule has 2 aliphatic heterocycles. The van der Waals surface area contributed by atoms with E-state index in [1.165, 1.54) is 17.3 Å². The van der Waals surface area contributed by atoms with Gasteiger partial charge in [-0.05, 0) is 49.4 Å². The summed E-state index contributed by atoms with van der Waals surface area (Å²) in [5, 5.41) is 3.14. The molecule has 1 aromatic carbocycles. The number of aromatic nitrogens is 3. The number of amides is 2. The first kappa shape index (κ1) is 30.1. The van der Waals surface area contributed by atoms with Crippen LogP contribution < -0.4 is 10.1 Å². The molecule has 10 nitrogen and oxygen atoms in total. The highest BCUT2D eigenvalue weighted by Gasteiger charge is 2.49. The molecule has 0 unspecified atom stereocenters.